The molecular formula is C15H25ClN2O2. The van der Waals surface area contributed by atoms with E-state index in [1.807, 2.05) is 18.2 Å². The topological polar surface area (TPSA) is 47.7 Å². The Morgan fingerprint density at radius 3 is 2.50 bits per heavy atom. The number of hydrogen-bond acceptors (Lipinski definition) is 4. The highest BCUT2D eigenvalue weighted by Gasteiger charge is 2.31. The minimum Gasteiger partial charge on any atom is -0.356 e. The Labute approximate surface area is 126 Å². The van der Waals surface area contributed by atoms with Crippen molar-refractivity contribution in [3.8, 4) is 0 Å². The summed E-state index contributed by atoms with van der Waals surface area (Å²) in [6.07, 6.45) is 0.443. The Morgan fingerprint density at radius 2 is 2.00 bits per heavy atom. The van der Waals surface area contributed by atoms with Crippen LogP contribution in [0, 0.1) is 0 Å². The van der Waals surface area contributed by atoms with Crippen LogP contribution < -0.4 is 5.73 Å². The van der Waals surface area contributed by atoms with Crippen LogP contribution in [0.3, 0.4) is 0 Å². The standard InChI is InChI=1S/C15H25ClN2O2/c1-15(11-17,9-14(19-3)20-4)18(2)10-12-6-5-7-13(16)8-12/h5-8,14H,9-11,17H2,1-4H3. The van der Waals surface area contributed by atoms with Crippen LogP contribution in [0.25, 0.3) is 0 Å². The molecular weight excluding hydrogens is 276 g/mol. The molecule has 1 rings (SSSR count). The molecule has 0 aliphatic carbocycles. The van der Waals surface area contributed by atoms with Crippen molar-refractivity contribution < 1.29 is 9.47 Å². The first-order valence-corrected chi connectivity index (χ1v) is 7.04. The molecule has 20 heavy (non-hydrogen) atoms. The summed E-state index contributed by atoms with van der Waals surface area (Å²) in [6, 6.07) is 7.86. The number of nitrogens with zero attached hydrogens (tertiary/aromatic N) is 1. The van der Waals surface area contributed by atoms with Gasteiger partial charge in [0.2, 0.25) is 0 Å². The summed E-state index contributed by atoms with van der Waals surface area (Å²) in [7, 11) is 5.33. The maximum absolute atomic E-state index is 6.02. The molecule has 0 aliphatic heterocycles. The van der Waals surface area contributed by atoms with Crippen LogP contribution in [0.5, 0.6) is 0 Å². The van der Waals surface area contributed by atoms with Crippen molar-refractivity contribution in [2.24, 2.45) is 5.73 Å². The molecule has 0 amide bonds. The Balaban J connectivity index is 2.77. The molecule has 0 saturated carbocycles. The molecule has 0 radical (unpaired) electrons. The number of methoxy groups -OCH3 is 2. The second-order valence-electron chi connectivity index (χ2n) is 5.29. The van der Waals surface area contributed by atoms with Gasteiger partial charge in [-0.15, -0.1) is 0 Å². The predicted octanol–water partition coefficient (Wildman–Crippen LogP) is 2.50. The van der Waals surface area contributed by atoms with Gasteiger partial charge in [0.15, 0.2) is 6.29 Å². The minimum atomic E-state index is -0.259. The van der Waals surface area contributed by atoms with E-state index in [2.05, 4.69) is 24.9 Å². The number of likely N-dealkylation sites (N-methyl/N-ethyl adjacent to an activating group) is 1. The number of benzene rings is 1. The molecule has 2 N–H and O–H groups in total. The van der Waals surface area contributed by atoms with E-state index in [9.17, 15) is 0 Å². The van der Waals surface area contributed by atoms with Crippen LogP contribution in [-0.2, 0) is 16.0 Å². The van der Waals surface area contributed by atoms with E-state index in [0.717, 1.165) is 17.1 Å². The van der Waals surface area contributed by atoms with Gasteiger partial charge in [0.05, 0.1) is 0 Å². The lowest BCUT2D eigenvalue weighted by Gasteiger charge is -2.39. The summed E-state index contributed by atoms with van der Waals surface area (Å²) in [4.78, 5) is 2.21. The maximum Gasteiger partial charge on any atom is 0.158 e. The Kier molecular flexibility index (Phi) is 6.92. The van der Waals surface area contributed by atoms with Gasteiger partial charge in [-0.3, -0.25) is 4.90 Å². The average molecular weight is 301 g/mol. The van der Waals surface area contributed by atoms with E-state index in [4.69, 9.17) is 26.8 Å². The summed E-state index contributed by atoms with van der Waals surface area (Å²) in [5.74, 6) is 0. The minimum absolute atomic E-state index is 0.209. The van der Waals surface area contributed by atoms with E-state index in [1.54, 1.807) is 14.2 Å². The lowest BCUT2D eigenvalue weighted by atomic mass is 9.95. The summed E-state index contributed by atoms with van der Waals surface area (Å²) < 4.78 is 10.6. The molecule has 1 atom stereocenters. The van der Waals surface area contributed by atoms with Crippen molar-refractivity contribution in [3.05, 3.63) is 34.9 Å². The first-order valence-electron chi connectivity index (χ1n) is 6.66. The Hall–Kier alpha value is -0.650. The highest BCUT2D eigenvalue weighted by Crippen LogP contribution is 2.23. The number of hydrogen-bond donors (Lipinski definition) is 1. The first-order chi connectivity index (χ1) is 9.45. The van der Waals surface area contributed by atoms with Crippen LogP contribution in [0.15, 0.2) is 24.3 Å². The zero-order valence-corrected chi connectivity index (χ0v) is 13.5. The molecule has 0 fully saturated rings. The molecule has 0 aromatic heterocycles. The lowest BCUT2D eigenvalue weighted by molar-refractivity contribution is -0.127. The second kappa shape index (κ2) is 7.96. The quantitative estimate of drug-likeness (QED) is 0.749. The van der Waals surface area contributed by atoms with Gasteiger partial charge in [-0.05, 0) is 31.7 Å². The molecule has 1 aromatic carbocycles. The molecule has 0 saturated heterocycles. The highest BCUT2D eigenvalue weighted by molar-refractivity contribution is 6.30. The van der Waals surface area contributed by atoms with Crippen molar-refractivity contribution in [3.63, 3.8) is 0 Å². The Bertz CT molecular complexity index is 413. The molecule has 114 valence electrons. The summed E-state index contributed by atoms with van der Waals surface area (Å²) in [5, 5.41) is 0.747. The fourth-order valence-electron chi connectivity index (χ4n) is 2.12. The second-order valence-corrected chi connectivity index (χ2v) is 5.73. The van der Waals surface area contributed by atoms with Crippen molar-refractivity contribution in [1.29, 1.82) is 0 Å². The average Bonchev–Trinajstić information content (AvgIpc) is 2.44. The van der Waals surface area contributed by atoms with Gasteiger partial charge in [-0.25, -0.2) is 0 Å². The van der Waals surface area contributed by atoms with Crippen LogP contribution in [0.1, 0.15) is 18.9 Å². The number of rotatable bonds is 8. The van der Waals surface area contributed by atoms with Crippen molar-refractivity contribution in [2.45, 2.75) is 31.7 Å². The SMILES string of the molecule is COC(CC(C)(CN)N(C)Cc1cccc(Cl)c1)OC. The van der Waals surface area contributed by atoms with E-state index in [0.29, 0.717) is 13.0 Å². The largest absolute Gasteiger partial charge is 0.356 e. The summed E-state index contributed by atoms with van der Waals surface area (Å²) in [5.41, 5.74) is 6.92. The van der Waals surface area contributed by atoms with Crippen LogP contribution in [0.4, 0.5) is 0 Å². The highest BCUT2D eigenvalue weighted by atomic mass is 35.5. The molecule has 0 aliphatic rings. The first kappa shape index (κ1) is 17.4. The van der Waals surface area contributed by atoms with Gasteiger partial charge in [-0.1, -0.05) is 23.7 Å². The molecule has 4 nitrogen and oxygen atoms in total. The van der Waals surface area contributed by atoms with Crippen molar-refractivity contribution >= 4 is 11.6 Å². The smallest absolute Gasteiger partial charge is 0.158 e. The van der Waals surface area contributed by atoms with Crippen molar-refractivity contribution in [2.75, 3.05) is 27.8 Å². The van der Waals surface area contributed by atoms with E-state index < -0.39 is 0 Å². The van der Waals surface area contributed by atoms with E-state index >= 15 is 0 Å². The zero-order chi connectivity index (χ0) is 15.2. The number of ether oxygens (including phenoxy) is 2. The molecule has 0 spiro atoms. The van der Waals surface area contributed by atoms with Gasteiger partial charge in [0.1, 0.15) is 0 Å². The van der Waals surface area contributed by atoms with Crippen LogP contribution >= 0.6 is 11.6 Å². The van der Waals surface area contributed by atoms with Gasteiger partial charge in [0.25, 0.3) is 0 Å². The molecule has 1 aromatic rings. The molecule has 5 heteroatoms. The van der Waals surface area contributed by atoms with Crippen LogP contribution in [0.2, 0.25) is 5.02 Å². The van der Waals surface area contributed by atoms with Gasteiger partial charge < -0.3 is 15.2 Å². The monoisotopic (exact) mass is 300 g/mol. The van der Waals surface area contributed by atoms with Gasteiger partial charge >= 0.3 is 0 Å². The summed E-state index contributed by atoms with van der Waals surface area (Å²) in [6.45, 7) is 3.41. The fourth-order valence-corrected chi connectivity index (χ4v) is 2.33. The van der Waals surface area contributed by atoms with Gasteiger partial charge in [0, 0.05) is 44.3 Å². The third-order valence-electron chi connectivity index (χ3n) is 3.80. The number of nitrogens with two attached hydrogens (primary N) is 1. The fraction of sp³-hybridized carbons (Fsp3) is 0.600. The Morgan fingerprint density at radius 1 is 1.35 bits per heavy atom. The third kappa shape index (κ3) is 4.72. The zero-order valence-electron chi connectivity index (χ0n) is 12.7. The van der Waals surface area contributed by atoms with Gasteiger partial charge in [-0.2, -0.15) is 0 Å². The van der Waals surface area contributed by atoms with Crippen LogP contribution in [-0.4, -0.2) is 44.5 Å². The van der Waals surface area contributed by atoms with E-state index in [-0.39, 0.29) is 11.8 Å². The number of halogens is 1. The predicted molar refractivity (Wildman–Crippen MR) is 82.8 cm³/mol. The normalized spacial score (nSPS) is 14.8. The van der Waals surface area contributed by atoms with Crippen molar-refractivity contribution in [1.82, 2.24) is 4.90 Å². The summed E-state index contributed by atoms with van der Waals surface area (Å²) >= 11 is 6.02. The maximum atomic E-state index is 6.02. The molecule has 0 heterocycles. The molecule has 0 bridgehead atoms. The lowest BCUT2D eigenvalue weighted by Crippen LogP contribution is -2.51. The molecule has 1 unspecified atom stereocenters. The van der Waals surface area contributed by atoms with E-state index in [1.165, 1.54) is 0 Å². The third-order valence-corrected chi connectivity index (χ3v) is 4.04.